The molecule has 0 aromatic heterocycles. The van der Waals surface area contributed by atoms with Crippen LogP contribution in [0.4, 0.5) is 0 Å². The van der Waals surface area contributed by atoms with Gasteiger partial charge in [0.1, 0.15) is 0 Å². The molecule has 6 heteroatoms. The molecule has 0 bridgehead atoms. The van der Waals surface area contributed by atoms with Crippen LogP contribution in [0.2, 0.25) is 5.02 Å². The first-order chi connectivity index (χ1) is 11.2. The molecule has 0 saturated heterocycles. The third-order valence-electron chi connectivity index (χ3n) is 3.88. The number of Topliss-reactive ketones (excluding diaryl/α,β-unsaturated/α-hetero) is 1. The standard InChI is InChI=1S/C18H24ClNO4/c1-12(21)20-10-9-18(2,3)17(23)15-7-6-14(19)11-13(15)5-8-16(22)24-4/h6-7,11H,5,8-10H2,1-4H3,(H,20,21). The molecule has 24 heavy (non-hydrogen) atoms. The zero-order valence-electron chi connectivity index (χ0n) is 14.6. The van der Waals surface area contributed by atoms with Gasteiger partial charge >= 0.3 is 5.97 Å². The zero-order valence-corrected chi connectivity index (χ0v) is 15.3. The number of hydrogen-bond acceptors (Lipinski definition) is 4. The second kappa shape index (κ2) is 8.83. The molecule has 1 aromatic rings. The highest BCUT2D eigenvalue weighted by Gasteiger charge is 2.30. The lowest BCUT2D eigenvalue weighted by Gasteiger charge is -2.24. The SMILES string of the molecule is COC(=O)CCc1cc(Cl)ccc1C(=O)C(C)(C)CCNC(C)=O. The second-order valence-corrected chi connectivity index (χ2v) is 6.76. The predicted octanol–water partition coefficient (Wildman–Crippen LogP) is 3.18. The summed E-state index contributed by atoms with van der Waals surface area (Å²) in [5.41, 5.74) is 0.637. The van der Waals surface area contributed by atoms with E-state index in [1.165, 1.54) is 14.0 Å². The fourth-order valence-corrected chi connectivity index (χ4v) is 2.55. The summed E-state index contributed by atoms with van der Waals surface area (Å²) in [6, 6.07) is 5.07. The molecule has 0 spiro atoms. The number of carbonyl (C=O) groups excluding carboxylic acids is 3. The topological polar surface area (TPSA) is 72.5 Å². The van der Waals surface area contributed by atoms with Crippen LogP contribution >= 0.6 is 11.6 Å². The lowest BCUT2D eigenvalue weighted by molar-refractivity contribution is -0.140. The molecule has 0 aliphatic carbocycles. The Bertz CT molecular complexity index is 625. The van der Waals surface area contributed by atoms with Crippen molar-refractivity contribution in [3.8, 4) is 0 Å². The summed E-state index contributed by atoms with van der Waals surface area (Å²) >= 11 is 6.03. The first-order valence-corrected chi connectivity index (χ1v) is 8.19. The van der Waals surface area contributed by atoms with Gasteiger partial charge in [0.15, 0.2) is 5.78 Å². The Morgan fingerprint density at radius 1 is 1.25 bits per heavy atom. The van der Waals surface area contributed by atoms with Gasteiger partial charge in [0.25, 0.3) is 0 Å². The van der Waals surface area contributed by atoms with Gasteiger partial charge in [-0.25, -0.2) is 0 Å². The van der Waals surface area contributed by atoms with E-state index in [-0.39, 0.29) is 24.1 Å². The number of ether oxygens (including phenoxy) is 1. The smallest absolute Gasteiger partial charge is 0.305 e. The van der Waals surface area contributed by atoms with Crippen molar-refractivity contribution in [3.63, 3.8) is 0 Å². The molecular formula is C18H24ClNO4. The van der Waals surface area contributed by atoms with Crippen LogP contribution in [-0.2, 0) is 20.7 Å². The van der Waals surface area contributed by atoms with Gasteiger partial charge in [0, 0.05) is 35.9 Å². The zero-order chi connectivity index (χ0) is 18.3. The van der Waals surface area contributed by atoms with Crippen LogP contribution in [-0.4, -0.2) is 31.3 Å². The second-order valence-electron chi connectivity index (χ2n) is 6.32. The molecular weight excluding hydrogens is 330 g/mol. The maximum atomic E-state index is 12.9. The first kappa shape index (κ1) is 20.2. The molecule has 0 radical (unpaired) electrons. The molecule has 0 atom stereocenters. The third kappa shape index (κ3) is 5.96. The molecule has 0 unspecified atom stereocenters. The van der Waals surface area contributed by atoms with E-state index in [0.717, 1.165) is 5.56 Å². The van der Waals surface area contributed by atoms with Crippen molar-refractivity contribution >= 4 is 29.3 Å². The number of ketones is 1. The summed E-state index contributed by atoms with van der Waals surface area (Å²) in [4.78, 5) is 35.3. The van der Waals surface area contributed by atoms with Crippen LogP contribution < -0.4 is 5.32 Å². The number of halogens is 1. The Morgan fingerprint density at radius 3 is 2.50 bits per heavy atom. The minimum Gasteiger partial charge on any atom is -0.469 e. The van der Waals surface area contributed by atoms with Crippen molar-refractivity contribution in [2.45, 2.75) is 40.0 Å². The Kier molecular flexibility index (Phi) is 7.42. The van der Waals surface area contributed by atoms with Gasteiger partial charge in [0.2, 0.25) is 5.91 Å². The Morgan fingerprint density at radius 2 is 1.92 bits per heavy atom. The molecule has 0 aliphatic heterocycles. The van der Waals surface area contributed by atoms with E-state index in [4.69, 9.17) is 11.6 Å². The van der Waals surface area contributed by atoms with Crippen molar-refractivity contribution in [1.82, 2.24) is 5.32 Å². The molecule has 5 nitrogen and oxygen atoms in total. The molecule has 1 amide bonds. The number of rotatable bonds is 8. The number of hydrogen-bond donors (Lipinski definition) is 1. The van der Waals surface area contributed by atoms with E-state index in [1.807, 2.05) is 13.8 Å². The number of nitrogens with one attached hydrogen (secondary N) is 1. The Labute approximate surface area is 147 Å². The monoisotopic (exact) mass is 353 g/mol. The molecule has 1 rings (SSSR count). The van der Waals surface area contributed by atoms with Crippen molar-refractivity contribution in [2.24, 2.45) is 5.41 Å². The van der Waals surface area contributed by atoms with Gasteiger partial charge in [-0.15, -0.1) is 0 Å². The Hall–Kier alpha value is -1.88. The molecule has 1 aromatic carbocycles. The van der Waals surface area contributed by atoms with Crippen LogP contribution in [0.5, 0.6) is 0 Å². The van der Waals surface area contributed by atoms with E-state index in [1.54, 1.807) is 18.2 Å². The summed E-state index contributed by atoms with van der Waals surface area (Å²) in [5, 5.41) is 3.22. The fraction of sp³-hybridized carbons (Fsp3) is 0.500. The average Bonchev–Trinajstić information content (AvgIpc) is 2.51. The molecule has 0 aliphatic rings. The van der Waals surface area contributed by atoms with E-state index < -0.39 is 5.41 Å². The van der Waals surface area contributed by atoms with Crippen LogP contribution in [0.1, 0.15) is 49.5 Å². The minimum absolute atomic E-state index is 0.0376. The minimum atomic E-state index is -0.643. The lowest BCUT2D eigenvalue weighted by Crippen LogP contribution is -2.31. The largest absolute Gasteiger partial charge is 0.469 e. The first-order valence-electron chi connectivity index (χ1n) is 7.82. The van der Waals surface area contributed by atoms with E-state index in [2.05, 4.69) is 10.1 Å². The van der Waals surface area contributed by atoms with Crippen molar-refractivity contribution in [3.05, 3.63) is 34.3 Å². The summed E-state index contributed by atoms with van der Waals surface area (Å²) in [6.07, 6.45) is 1.09. The molecule has 0 heterocycles. The van der Waals surface area contributed by atoms with Crippen LogP contribution in [0.3, 0.4) is 0 Å². The average molecular weight is 354 g/mol. The van der Waals surface area contributed by atoms with E-state index in [9.17, 15) is 14.4 Å². The summed E-state index contributed by atoms with van der Waals surface area (Å²) in [5.74, 6) is -0.494. The predicted molar refractivity (Wildman–Crippen MR) is 93.2 cm³/mol. The fourth-order valence-electron chi connectivity index (χ4n) is 2.36. The van der Waals surface area contributed by atoms with Crippen molar-refractivity contribution in [1.29, 1.82) is 0 Å². The number of amides is 1. The number of benzene rings is 1. The van der Waals surface area contributed by atoms with Gasteiger partial charge in [-0.2, -0.15) is 0 Å². The van der Waals surface area contributed by atoms with E-state index >= 15 is 0 Å². The van der Waals surface area contributed by atoms with Gasteiger partial charge in [-0.3, -0.25) is 14.4 Å². The molecule has 0 fully saturated rings. The summed E-state index contributed by atoms with van der Waals surface area (Å²) in [6.45, 7) is 5.56. The maximum Gasteiger partial charge on any atom is 0.305 e. The van der Waals surface area contributed by atoms with Crippen LogP contribution in [0.25, 0.3) is 0 Å². The number of esters is 1. The van der Waals surface area contributed by atoms with Gasteiger partial charge in [0.05, 0.1) is 7.11 Å². The quantitative estimate of drug-likeness (QED) is 0.575. The van der Waals surface area contributed by atoms with Crippen molar-refractivity contribution < 1.29 is 19.1 Å². The summed E-state index contributed by atoms with van der Waals surface area (Å²) < 4.78 is 4.65. The van der Waals surface area contributed by atoms with E-state index in [0.29, 0.717) is 30.0 Å². The van der Waals surface area contributed by atoms with Gasteiger partial charge < -0.3 is 10.1 Å². The van der Waals surface area contributed by atoms with Gasteiger partial charge in [-0.05, 0) is 36.6 Å². The number of methoxy groups -OCH3 is 1. The number of aryl methyl sites for hydroxylation is 1. The van der Waals surface area contributed by atoms with Crippen LogP contribution in [0, 0.1) is 5.41 Å². The maximum absolute atomic E-state index is 12.9. The molecule has 1 N–H and O–H groups in total. The summed E-state index contributed by atoms with van der Waals surface area (Å²) in [7, 11) is 1.33. The third-order valence-corrected chi connectivity index (χ3v) is 4.11. The van der Waals surface area contributed by atoms with Gasteiger partial charge in [-0.1, -0.05) is 25.4 Å². The highest BCUT2D eigenvalue weighted by Crippen LogP contribution is 2.29. The lowest BCUT2D eigenvalue weighted by atomic mass is 9.79. The highest BCUT2D eigenvalue weighted by atomic mass is 35.5. The van der Waals surface area contributed by atoms with Crippen molar-refractivity contribution in [2.75, 3.05) is 13.7 Å². The molecule has 132 valence electrons. The highest BCUT2D eigenvalue weighted by molar-refractivity contribution is 6.30. The number of carbonyl (C=O) groups is 3. The Balaban J connectivity index is 2.95. The van der Waals surface area contributed by atoms with Crippen LogP contribution in [0.15, 0.2) is 18.2 Å². The normalized spacial score (nSPS) is 11.0. The molecule has 0 saturated carbocycles.